The number of aliphatic hydroxyl groups excluding tert-OH is 1. The monoisotopic (exact) mass is 313 g/mol. The van der Waals surface area contributed by atoms with Crippen molar-refractivity contribution in [1.29, 1.82) is 0 Å². The second-order valence-electron chi connectivity index (χ2n) is 3.71. The van der Waals surface area contributed by atoms with Crippen molar-refractivity contribution in [2.24, 2.45) is 0 Å². The van der Waals surface area contributed by atoms with Crippen molar-refractivity contribution < 1.29 is 9.52 Å². The average molecular weight is 314 g/mol. The molecule has 90 valence electrons. The van der Waals surface area contributed by atoms with Crippen LogP contribution in [0.4, 0.5) is 0 Å². The number of nitrogens with zero attached hydrogens (tertiary/aromatic N) is 1. The summed E-state index contributed by atoms with van der Waals surface area (Å²) in [4.78, 5) is 5.18. The molecule has 0 aliphatic rings. The molecule has 0 bridgehead atoms. The summed E-state index contributed by atoms with van der Waals surface area (Å²) in [6, 6.07) is 5.76. The van der Waals surface area contributed by atoms with Crippen LogP contribution in [0, 0.1) is 6.92 Å². The van der Waals surface area contributed by atoms with E-state index in [1.54, 1.807) is 13.2 Å². The molecule has 5 heteroatoms. The highest BCUT2D eigenvalue weighted by Gasteiger charge is 2.12. The summed E-state index contributed by atoms with van der Waals surface area (Å²) in [6.07, 6.45) is 1.10. The standard InChI is InChI=1S/C12H12BrNO2S/c1-7-6-16-12(14-7)17-11-5-9(13)3-4-10(11)8(2)15/h3-6,8,15H,1-2H3. The summed E-state index contributed by atoms with van der Waals surface area (Å²) in [5.41, 5.74) is 1.72. The van der Waals surface area contributed by atoms with Gasteiger partial charge in [-0.15, -0.1) is 0 Å². The zero-order chi connectivity index (χ0) is 12.4. The molecule has 0 aliphatic carbocycles. The molecule has 1 heterocycles. The van der Waals surface area contributed by atoms with Gasteiger partial charge in [-0.05, 0) is 43.3 Å². The Kier molecular flexibility index (Phi) is 3.91. The first-order valence-corrected chi connectivity index (χ1v) is 6.74. The fraction of sp³-hybridized carbons (Fsp3) is 0.250. The van der Waals surface area contributed by atoms with Crippen molar-refractivity contribution in [2.75, 3.05) is 0 Å². The lowest BCUT2D eigenvalue weighted by molar-refractivity contribution is 0.196. The van der Waals surface area contributed by atoms with E-state index in [9.17, 15) is 5.11 Å². The van der Waals surface area contributed by atoms with Crippen LogP contribution in [0.2, 0.25) is 0 Å². The average Bonchev–Trinajstić information content (AvgIpc) is 2.63. The highest BCUT2D eigenvalue weighted by Crippen LogP contribution is 2.34. The van der Waals surface area contributed by atoms with Gasteiger partial charge in [0.1, 0.15) is 6.26 Å². The molecule has 17 heavy (non-hydrogen) atoms. The van der Waals surface area contributed by atoms with Crippen LogP contribution in [0.1, 0.15) is 24.3 Å². The maximum Gasteiger partial charge on any atom is 0.260 e. The van der Waals surface area contributed by atoms with Crippen molar-refractivity contribution >= 4 is 27.7 Å². The zero-order valence-electron chi connectivity index (χ0n) is 9.48. The summed E-state index contributed by atoms with van der Waals surface area (Å²) in [6.45, 7) is 3.62. The summed E-state index contributed by atoms with van der Waals surface area (Å²) in [5, 5.41) is 10.3. The van der Waals surface area contributed by atoms with Crippen molar-refractivity contribution in [3.05, 3.63) is 40.2 Å². The number of hydrogen-bond acceptors (Lipinski definition) is 4. The first kappa shape index (κ1) is 12.7. The SMILES string of the molecule is Cc1coc(Sc2cc(Br)ccc2C(C)O)n1. The molecular formula is C12H12BrNO2S. The van der Waals surface area contributed by atoms with Gasteiger partial charge in [0.2, 0.25) is 0 Å². The van der Waals surface area contributed by atoms with E-state index >= 15 is 0 Å². The molecule has 1 aromatic carbocycles. The highest BCUT2D eigenvalue weighted by atomic mass is 79.9. The van der Waals surface area contributed by atoms with E-state index in [2.05, 4.69) is 20.9 Å². The minimum Gasteiger partial charge on any atom is -0.439 e. The summed E-state index contributed by atoms with van der Waals surface area (Å²) in [7, 11) is 0. The Bertz CT molecular complexity index is 525. The number of hydrogen-bond donors (Lipinski definition) is 1. The molecule has 1 unspecified atom stereocenters. The van der Waals surface area contributed by atoms with Gasteiger partial charge in [0, 0.05) is 9.37 Å². The summed E-state index contributed by atoms with van der Waals surface area (Å²) >= 11 is 4.83. The molecule has 0 saturated carbocycles. The maximum absolute atomic E-state index is 9.70. The third kappa shape index (κ3) is 3.12. The Hall–Kier alpha value is -0.780. The van der Waals surface area contributed by atoms with Gasteiger partial charge in [-0.25, -0.2) is 4.98 Å². The minimum absolute atomic E-state index is 0.512. The Morgan fingerprint density at radius 3 is 2.82 bits per heavy atom. The van der Waals surface area contributed by atoms with Gasteiger partial charge in [-0.1, -0.05) is 22.0 Å². The Balaban J connectivity index is 2.33. The molecule has 0 aliphatic heterocycles. The Morgan fingerprint density at radius 2 is 2.24 bits per heavy atom. The molecule has 1 atom stereocenters. The summed E-state index contributed by atoms with van der Waals surface area (Å²) in [5.74, 6) is 0. The molecule has 0 amide bonds. The quantitative estimate of drug-likeness (QED) is 0.932. The molecule has 0 radical (unpaired) electrons. The fourth-order valence-corrected chi connectivity index (χ4v) is 2.94. The second kappa shape index (κ2) is 5.25. The highest BCUT2D eigenvalue weighted by molar-refractivity contribution is 9.10. The van der Waals surface area contributed by atoms with Crippen LogP contribution in [0.25, 0.3) is 0 Å². The van der Waals surface area contributed by atoms with E-state index in [1.165, 1.54) is 11.8 Å². The van der Waals surface area contributed by atoms with Crippen molar-refractivity contribution in [1.82, 2.24) is 4.98 Å². The minimum atomic E-state index is -0.512. The van der Waals surface area contributed by atoms with Crippen molar-refractivity contribution in [3.8, 4) is 0 Å². The van der Waals surface area contributed by atoms with Crippen LogP contribution in [0.15, 0.2) is 43.5 Å². The molecule has 2 aromatic rings. The van der Waals surface area contributed by atoms with Gasteiger partial charge in [0.05, 0.1) is 11.8 Å². The maximum atomic E-state index is 9.70. The lowest BCUT2D eigenvalue weighted by Crippen LogP contribution is -1.93. The lowest BCUT2D eigenvalue weighted by Gasteiger charge is -2.10. The van der Waals surface area contributed by atoms with Crippen LogP contribution in [0.5, 0.6) is 0 Å². The van der Waals surface area contributed by atoms with E-state index in [4.69, 9.17) is 4.42 Å². The normalized spacial score (nSPS) is 12.7. The number of aromatic nitrogens is 1. The van der Waals surface area contributed by atoms with E-state index in [0.717, 1.165) is 20.6 Å². The van der Waals surface area contributed by atoms with Crippen LogP contribution in [-0.2, 0) is 0 Å². The predicted octanol–water partition coefficient (Wildman–Crippen LogP) is 3.95. The summed E-state index contributed by atoms with van der Waals surface area (Å²) < 4.78 is 6.26. The predicted molar refractivity (Wildman–Crippen MR) is 70.1 cm³/mol. The third-order valence-corrected chi connectivity index (χ3v) is 3.65. The molecule has 2 rings (SSSR count). The fourth-order valence-electron chi connectivity index (χ4n) is 1.42. The van der Waals surface area contributed by atoms with Gasteiger partial charge < -0.3 is 9.52 Å². The molecule has 0 fully saturated rings. The molecule has 0 saturated heterocycles. The Labute approximate surface area is 112 Å². The number of aliphatic hydroxyl groups is 1. The number of aryl methyl sites for hydroxylation is 1. The topological polar surface area (TPSA) is 46.3 Å². The molecule has 1 aromatic heterocycles. The molecule has 0 spiro atoms. The van der Waals surface area contributed by atoms with Crippen LogP contribution >= 0.6 is 27.7 Å². The van der Waals surface area contributed by atoms with Gasteiger partial charge in [0.25, 0.3) is 5.22 Å². The second-order valence-corrected chi connectivity index (χ2v) is 5.62. The first-order valence-electron chi connectivity index (χ1n) is 5.14. The van der Waals surface area contributed by atoms with E-state index in [0.29, 0.717) is 5.22 Å². The van der Waals surface area contributed by atoms with Gasteiger partial charge in [0.15, 0.2) is 0 Å². The van der Waals surface area contributed by atoms with E-state index < -0.39 is 6.10 Å². The van der Waals surface area contributed by atoms with Gasteiger partial charge in [-0.3, -0.25) is 0 Å². The largest absolute Gasteiger partial charge is 0.439 e. The van der Waals surface area contributed by atoms with Crippen molar-refractivity contribution in [3.63, 3.8) is 0 Å². The number of oxazole rings is 1. The number of rotatable bonds is 3. The van der Waals surface area contributed by atoms with Crippen LogP contribution in [-0.4, -0.2) is 10.1 Å². The van der Waals surface area contributed by atoms with Crippen LogP contribution < -0.4 is 0 Å². The molecule has 1 N–H and O–H groups in total. The smallest absolute Gasteiger partial charge is 0.260 e. The van der Waals surface area contributed by atoms with Gasteiger partial charge >= 0.3 is 0 Å². The number of benzene rings is 1. The first-order chi connectivity index (χ1) is 8.06. The molecule has 3 nitrogen and oxygen atoms in total. The van der Waals surface area contributed by atoms with E-state index in [-0.39, 0.29) is 0 Å². The lowest BCUT2D eigenvalue weighted by atomic mass is 10.1. The van der Waals surface area contributed by atoms with Crippen LogP contribution in [0.3, 0.4) is 0 Å². The molecular weight excluding hydrogens is 302 g/mol. The zero-order valence-corrected chi connectivity index (χ0v) is 11.9. The number of halogens is 1. The Morgan fingerprint density at radius 1 is 1.47 bits per heavy atom. The van der Waals surface area contributed by atoms with E-state index in [1.807, 2.05) is 25.1 Å². The van der Waals surface area contributed by atoms with Gasteiger partial charge in [-0.2, -0.15) is 0 Å². The third-order valence-electron chi connectivity index (χ3n) is 2.22. The van der Waals surface area contributed by atoms with Crippen molar-refractivity contribution in [2.45, 2.75) is 30.1 Å².